The van der Waals surface area contributed by atoms with Crippen LogP contribution in [0.5, 0.6) is 0 Å². The zero-order valence-corrected chi connectivity index (χ0v) is 12.6. The lowest BCUT2D eigenvalue weighted by Crippen LogP contribution is -2.27. The van der Waals surface area contributed by atoms with Gasteiger partial charge in [-0.25, -0.2) is 13.1 Å². The Hall–Kier alpha value is -1.68. The maximum Gasteiger partial charge on any atom is 0.215 e. The van der Waals surface area contributed by atoms with E-state index in [4.69, 9.17) is 5.26 Å². The highest BCUT2D eigenvalue weighted by molar-refractivity contribution is 7.88. The van der Waals surface area contributed by atoms with Gasteiger partial charge >= 0.3 is 0 Å². The molecule has 0 saturated heterocycles. The fourth-order valence-corrected chi connectivity index (χ4v) is 3.40. The molecule has 0 bridgehead atoms. The van der Waals surface area contributed by atoms with Crippen molar-refractivity contribution in [2.75, 3.05) is 19.6 Å². The summed E-state index contributed by atoms with van der Waals surface area (Å²) in [6.45, 7) is 2.24. The van der Waals surface area contributed by atoms with Crippen LogP contribution in [0.3, 0.4) is 0 Å². The highest BCUT2D eigenvalue weighted by atomic mass is 32.2. The molecule has 0 saturated carbocycles. The first-order chi connectivity index (χ1) is 10.1. The average molecular weight is 305 g/mol. The van der Waals surface area contributed by atoms with E-state index in [-0.39, 0.29) is 5.75 Å². The lowest BCUT2D eigenvalue weighted by Gasteiger charge is -2.14. The van der Waals surface area contributed by atoms with Crippen molar-refractivity contribution in [3.05, 3.63) is 47.0 Å². The second-order valence-corrected chi connectivity index (χ2v) is 6.84. The Morgan fingerprint density at radius 2 is 2.24 bits per heavy atom. The Balaban J connectivity index is 1.86. The average Bonchev–Trinajstić information content (AvgIpc) is 2.48. The largest absolute Gasteiger partial charge is 0.313 e. The van der Waals surface area contributed by atoms with E-state index in [9.17, 15) is 8.42 Å². The monoisotopic (exact) mass is 305 g/mol. The minimum atomic E-state index is -3.36. The Morgan fingerprint density at radius 3 is 2.95 bits per heavy atom. The molecule has 1 aromatic carbocycles. The molecule has 0 unspecified atom stereocenters. The Bertz CT molecular complexity index is 660. The van der Waals surface area contributed by atoms with Crippen LogP contribution in [0.25, 0.3) is 0 Å². The third-order valence-corrected chi connectivity index (χ3v) is 4.70. The van der Waals surface area contributed by atoms with Gasteiger partial charge in [-0.1, -0.05) is 23.8 Å². The number of benzene rings is 1. The summed E-state index contributed by atoms with van der Waals surface area (Å²) in [5.74, 6) is -0.0941. The molecule has 2 N–H and O–H groups in total. The van der Waals surface area contributed by atoms with E-state index >= 15 is 0 Å². The van der Waals surface area contributed by atoms with Crippen molar-refractivity contribution in [3.63, 3.8) is 0 Å². The van der Waals surface area contributed by atoms with E-state index in [0.717, 1.165) is 25.9 Å². The van der Waals surface area contributed by atoms with Crippen LogP contribution >= 0.6 is 0 Å². The van der Waals surface area contributed by atoms with Gasteiger partial charge in [-0.15, -0.1) is 0 Å². The lowest BCUT2D eigenvalue weighted by molar-refractivity contribution is 0.579. The van der Waals surface area contributed by atoms with Gasteiger partial charge in [-0.05, 0) is 37.1 Å². The molecular weight excluding hydrogens is 286 g/mol. The van der Waals surface area contributed by atoms with Gasteiger partial charge in [-0.2, -0.15) is 5.26 Å². The minimum Gasteiger partial charge on any atom is -0.313 e. The van der Waals surface area contributed by atoms with Gasteiger partial charge in [0.05, 0.1) is 17.4 Å². The first-order valence-corrected chi connectivity index (χ1v) is 8.59. The molecule has 112 valence electrons. The van der Waals surface area contributed by atoms with Crippen LogP contribution in [0.1, 0.15) is 24.0 Å². The third-order valence-electron chi connectivity index (χ3n) is 3.34. The number of sulfonamides is 1. The number of nitriles is 1. The van der Waals surface area contributed by atoms with Crippen molar-refractivity contribution in [1.82, 2.24) is 10.0 Å². The summed E-state index contributed by atoms with van der Waals surface area (Å²) in [5.41, 5.74) is 2.40. The molecule has 1 aliphatic rings. The first-order valence-electron chi connectivity index (χ1n) is 6.94. The maximum absolute atomic E-state index is 12.0. The van der Waals surface area contributed by atoms with Crippen molar-refractivity contribution in [2.45, 2.75) is 18.6 Å². The topological polar surface area (TPSA) is 82.0 Å². The summed E-state index contributed by atoms with van der Waals surface area (Å²) in [6.07, 6.45) is 3.85. The van der Waals surface area contributed by atoms with E-state index in [1.165, 1.54) is 5.57 Å². The minimum absolute atomic E-state index is 0.0941. The van der Waals surface area contributed by atoms with E-state index < -0.39 is 10.0 Å². The summed E-state index contributed by atoms with van der Waals surface area (Å²) in [5, 5.41) is 12.0. The maximum atomic E-state index is 12.0. The second kappa shape index (κ2) is 7.36. The molecule has 5 nitrogen and oxygen atoms in total. The van der Waals surface area contributed by atoms with Crippen LogP contribution in [0.15, 0.2) is 35.9 Å². The lowest BCUT2D eigenvalue weighted by atomic mass is 10.1. The van der Waals surface area contributed by atoms with Gasteiger partial charge in [0.25, 0.3) is 0 Å². The molecule has 1 heterocycles. The fraction of sp³-hybridized carbons (Fsp3) is 0.400. The standard InChI is InChI=1S/C15H19N3O2S/c16-11-14-2-1-3-15(10-14)12-21(19,20)18-9-6-13-4-7-17-8-5-13/h1-4,10,17-18H,5-9,12H2. The Kier molecular flexibility index (Phi) is 5.51. The van der Waals surface area contributed by atoms with Gasteiger partial charge in [0.1, 0.15) is 0 Å². The summed E-state index contributed by atoms with van der Waals surface area (Å²) < 4.78 is 26.7. The number of nitrogens with zero attached hydrogens (tertiary/aromatic N) is 1. The zero-order valence-electron chi connectivity index (χ0n) is 11.8. The molecule has 2 rings (SSSR count). The van der Waals surface area contributed by atoms with Gasteiger partial charge in [0.15, 0.2) is 0 Å². The van der Waals surface area contributed by atoms with Crippen molar-refractivity contribution < 1.29 is 8.42 Å². The summed E-state index contributed by atoms with van der Waals surface area (Å²) in [6, 6.07) is 8.69. The van der Waals surface area contributed by atoms with E-state index in [2.05, 4.69) is 16.1 Å². The summed E-state index contributed by atoms with van der Waals surface area (Å²) >= 11 is 0. The van der Waals surface area contributed by atoms with Crippen LogP contribution in [-0.2, 0) is 15.8 Å². The van der Waals surface area contributed by atoms with E-state index in [0.29, 0.717) is 17.7 Å². The normalized spacial score (nSPS) is 15.3. The first kappa shape index (κ1) is 15.7. The number of hydrogen-bond acceptors (Lipinski definition) is 4. The summed E-state index contributed by atoms with van der Waals surface area (Å²) in [4.78, 5) is 0. The number of nitrogens with one attached hydrogen (secondary N) is 2. The van der Waals surface area contributed by atoms with Crippen molar-refractivity contribution in [3.8, 4) is 6.07 Å². The second-order valence-electron chi connectivity index (χ2n) is 5.03. The summed E-state index contributed by atoms with van der Waals surface area (Å²) in [7, 11) is -3.36. The molecular formula is C15H19N3O2S. The van der Waals surface area contributed by atoms with Crippen molar-refractivity contribution >= 4 is 10.0 Å². The van der Waals surface area contributed by atoms with Gasteiger partial charge < -0.3 is 5.32 Å². The molecule has 0 aliphatic carbocycles. The fourth-order valence-electron chi connectivity index (χ4n) is 2.26. The molecule has 1 aliphatic heterocycles. The van der Waals surface area contributed by atoms with Crippen LogP contribution in [0.2, 0.25) is 0 Å². The predicted molar refractivity (Wildman–Crippen MR) is 82.0 cm³/mol. The van der Waals surface area contributed by atoms with Crippen LogP contribution in [0.4, 0.5) is 0 Å². The van der Waals surface area contributed by atoms with Crippen LogP contribution in [-0.4, -0.2) is 28.1 Å². The van der Waals surface area contributed by atoms with Crippen molar-refractivity contribution in [2.24, 2.45) is 0 Å². The Labute approximate surface area is 125 Å². The Morgan fingerprint density at radius 1 is 1.38 bits per heavy atom. The molecule has 0 amide bonds. The molecule has 21 heavy (non-hydrogen) atoms. The van der Waals surface area contributed by atoms with Gasteiger partial charge in [0.2, 0.25) is 10.0 Å². The SMILES string of the molecule is N#Cc1cccc(CS(=O)(=O)NCCC2=CCNCC2)c1. The molecule has 0 spiro atoms. The quantitative estimate of drug-likeness (QED) is 0.776. The number of rotatable bonds is 6. The smallest absolute Gasteiger partial charge is 0.215 e. The van der Waals surface area contributed by atoms with Crippen molar-refractivity contribution in [1.29, 1.82) is 5.26 Å². The molecule has 0 atom stereocenters. The third kappa shape index (κ3) is 5.31. The van der Waals surface area contributed by atoms with E-state index in [1.807, 2.05) is 6.07 Å². The molecule has 6 heteroatoms. The molecule has 0 aromatic heterocycles. The molecule has 0 fully saturated rings. The van der Waals surface area contributed by atoms with Gasteiger partial charge in [0, 0.05) is 13.1 Å². The van der Waals surface area contributed by atoms with Crippen LogP contribution in [0, 0.1) is 11.3 Å². The van der Waals surface area contributed by atoms with Crippen LogP contribution < -0.4 is 10.0 Å². The highest BCUT2D eigenvalue weighted by Gasteiger charge is 2.12. The predicted octanol–water partition coefficient (Wildman–Crippen LogP) is 1.29. The highest BCUT2D eigenvalue weighted by Crippen LogP contribution is 2.10. The molecule has 1 aromatic rings. The number of hydrogen-bond donors (Lipinski definition) is 2. The van der Waals surface area contributed by atoms with Gasteiger partial charge in [-0.3, -0.25) is 0 Å². The molecule has 0 radical (unpaired) electrons. The zero-order chi connectivity index (χ0) is 15.1. The van der Waals surface area contributed by atoms with E-state index in [1.54, 1.807) is 24.3 Å².